The van der Waals surface area contributed by atoms with Crippen LogP contribution in [0.1, 0.15) is 36.2 Å². The topological polar surface area (TPSA) is 76.2 Å². The number of nitrogens with zero attached hydrogens (tertiary/aromatic N) is 3. The number of rotatable bonds is 4. The van der Waals surface area contributed by atoms with Gasteiger partial charge in [-0.1, -0.05) is 17.7 Å². The Morgan fingerprint density at radius 2 is 1.93 bits per heavy atom. The number of carbonyl (C=O) groups is 1. The zero-order valence-electron chi connectivity index (χ0n) is 16.4. The molecule has 1 aliphatic heterocycles. The Kier molecular flexibility index (Phi) is 4.78. The van der Waals surface area contributed by atoms with Crippen molar-refractivity contribution < 1.29 is 4.79 Å². The summed E-state index contributed by atoms with van der Waals surface area (Å²) in [7, 11) is 0. The molecule has 0 radical (unpaired) electrons. The lowest BCUT2D eigenvalue weighted by Crippen LogP contribution is -2.39. The number of fused-ring (bicyclic) bond motifs is 2. The minimum atomic E-state index is 0.0331. The van der Waals surface area contributed by atoms with E-state index in [1.165, 1.54) is 12.0 Å². The molecular weight excluding hydrogens is 338 g/mol. The Hall–Kier alpha value is -2.18. The number of carbonyl (C=O) groups excluding carboxylic acids is 1. The van der Waals surface area contributed by atoms with Crippen LogP contribution in [-0.2, 0) is 4.79 Å². The Morgan fingerprint density at radius 1 is 1.19 bits per heavy atom. The van der Waals surface area contributed by atoms with E-state index < -0.39 is 0 Å². The van der Waals surface area contributed by atoms with Crippen LogP contribution in [0.4, 0.5) is 5.69 Å². The first kappa shape index (κ1) is 18.2. The van der Waals surface area contributed by atoms with Crippen molar-refractivity contribution >= 4 is 11.6 Å². The quantitative estimate of drug-likeness (QED) is 0.871. The highest BCUT2D eigenvalue weighted by molar-refractivity contribution is 5.93. The highest BCUT2D eigenvalue weighted by Crippen LogP contribution is 2.34. The molecule has 4 rings (SSSR count). The van der Waals surface area contributed by atoms with Gasteiger partial charge in [0.25, 0.3) is 0 Å². The number of hydrogen-bond donors (Lipinski definition) is 2. The van der Waals surface area contributed by atoms with Crippen molar-refractivity contribution in [2.45, 2.75) is 52.1 Å². The number of aryl methyl sites for hydroxylation is 2. The van der Waals surface area contributed by atoms with Crippen molar-refractivity contribution in [1.29, 1.82) is 0 Å². The van der Waals surface area contributed by atoms with Crippen LogP contribution in [-0.4, -0.2) is 45.8 Å². The molecule has 1 aliphatic carbocycles. The maximum atomic E-state index is 12.7. The smallest absolute Gasteiger partial charge is 0.238 e. The molecule has 2 fully saturated rings. The number of hydrogen-bond acceptors (Lipinski definition) is 4. The molecule has 6 nitrogen and oxygen atoms in total. The van der Waals surface area contributed by atoms with E-state index in [1.54, 1.807) is 0 Å². The van der Waals surface area contributed by atoms with E-state index in [9.17, 15) is 4.79 Å². The van der Waals surface area contributed by atoms with Crippen LogP contribution in [0.3, 0.4) is 0 Å². The van der Waals surface area contributed by atoms with Crippen LogP contribution in [0.2, 0.25) is 0 Å². The zero-order chi connectivity index (χ0) is 19.1. The van der Waals surface area contributed by atoms with Gasteiger partial charge in [0.05, 0.1) is 29.3 Å². The molecule has 27 heavy (non-hydrogen) atoms. The van der Waals surface area contributed by atoms with Crippen LogP contribution in [0.25, 0.3) is 5.69 Å². The predicted octanol–water partition coefficient (Wildman–Crippen LogP) is 2.55. The Labute approximate surface area is 160 Å². The first-order valence-corrected chi connectivity index (χ1v) is 9.83. The lowest BCUT2D eigenvalue weighted by molar-refractivity contribution is -0.117. The third-order valence-corrected chi connectivity index (χ3v) is 6.01. The summed E-state index contributed by atoms with van der Waals surface area (Å²) in [5, 5.41) is 7.73. The largest absolute Gasteiger partial charge is 0.328 e. The van der Waals surface area contributed by atoms with Gasteiger partial charge in [0, 0.05) is 18.6 Å². The minimum absolute atomic E-state index is 0.0331. The van der Waals surface area contributed by atoms with Gasteiger partial charge in [-0.15, -0.1) is 0 Å². The van der Waals surface area contributed by atoms with E-state index in [2.05, 4.69) is 34.4 Å². The average Bonchev–Trinajstić information content (AvgIpc) is 3.05. The minimum Gasteiger partial charge on any atom is -0.328 e. The monoisotopic (exact) mass is 367 g/mol. The van der Waals surface area contributed by atoms with E-state index >= 15 is 0 Å². The van der Waals surface area contributed by atoms with Crippen LogP contribution in [0.15, 0.2) is 24.3 Å². The van der Waals surface area contributed by atoms with Crippen molar-refractivity contribution in [2.24, 2.45) is 11.7 Å². The number of aromatic nitrogens is 2. The van der Waals surface area contributed by atoms with Gasteiger partial charge in [0.1, 0.15) is 0 Å². The lowest BCUT2D eigenvalue weighted by atomic mass is 9.87. The summed E-state index contributed by atoms with van der Waals surface area (Å²) < 4.78 is 1.90. The average molecular weight is 367 g/mol. The second-order valence-electron chi connectivity index (χ2n) is 8.26. The second-order valence-corrected chi connectivity index (χ2v) is 8.26. The molecule has 1 saturated carbocycles. The molecule has 6 heteroatoms. The number of amides is 1. The van der Waals surface area contributed by atoms with Gasteiger partial charge in [0.2, 0.25) is 5.91 Å². The number of anilines is 1. The molecule has 3 atom stereocenters. The number of nitrogens with one attached hydrogen (secondary N) is 1. The summed E-state index contributed by atoms with van der Waals surface area (Å²) in [5.41, 5.74) is 11.0. The normalized spacial score (nSPS) is 25.0. The maximum Gasteiger partial charge on any atom is 0.238 e. The van der Waals surface area contributed by atoms with Crippen LogP contribution < -0.4 is 11.1 Å². The van der Waals surface area contributed by atoms with Crippen molar-refractivity contribution in [1.82, 2.24) is 14.7 Å². The van der Waals surface area contributed by atoms with Gasteiger partial charge in [0.15, 0.2) is 0 Å². The molecule has 2 bridgehead atoms. The van der Waals surface area contributed by atoms with Crippen molar-refractivity contribution in [3.8, 4) is 5.69 Å². The fraction of sp³-hybridized carbons (Fsp3) is 0.524. The lowest BCUT2D eigenvalue weighted by Gasteiger charge is -2.27. The third kappa shape index (κ3) is 3.64. The van der Waals surface area contributed by atoms with E-state index in [1.807, 2.05) is 30.7 Å². The zero-order valence-corrected chi connectivity index (χ0v) is 16.4. The van der Waals surface area contributed by atoms with Gasteiger partial charge < -0.3 is 11.1 Å². The molecule has 2 aromatic rings. The SMILES string of the molecule is Cc1ccc(-n2nc(C)c(NC(=O)CN3C[C@H]4C[C@@H](N)C[C@@H]3C4)c2C)cc1. The van der Waals surface area contributed by atoms with Gasteiger partial charge in [-0.3, -0.25) is 9.69 Å². The van der Waals surface area contributed by atoms with E-state index in [0.29, 0.717) is 24.5 Å². The van der Waals surface area contributed by atoms with E-state index in [4.69, 9.17) is 5.73 Å². The molecule has 0 spiro atoms. The maximum absolute atomic E-state index is 12.7. The van der Waals surface area contributed by atoms with Crippen LogP contribution in [0, 0.1) is 26.7 Å². The second kappa shape index (κ2) is 7.09. The Morgan fingerprint density at radius 3 is 2.67 bits per heavy atom. The fourth-order valence-electron chi connectivity index (χ4n) is 4.70. The highest BCUT2D eigenvalue weighted by Gasteiger charge is 2.38. The molecular formula is C21H29N5O. The molecule has 1 aromatic carbocycles. The summed E-state index contributed by atoms with van der Waals surface area (Å²) in [5.74, 6) is 0.685. The molecule has 3 N–H and O–H groups in total. The summed E-state index contributed by atoms with van der Waals surface area (Å²) in [4.78, 5) is 15.0. The third-order valence-electron chi connectivity index (χ3n) is 6.01. The highest BCUT2D eigenvalue weighted by atomic mass is 16.2. The van der Waals surface area contributed by atoms with Crippen molar-refractivity contribution in [3.63, 3.8) is 0 Å². The predicted molar refractivity (Wildman–Crippen MR) is 107 cm³/mol. The molecule has 1 aromatic heterocycles. The van der Waals surface area contributed by atoms with Gasteiger partial charge in [-0.2, -0.15) is 5.10 Å². The van der Waals surface area contributed by atoms with Gasteiger partial charge in [-0.05, 0) is 58.1 Å². The first-order valence-electron chi connectivity index (χ1n) is 9.83. The molecule has 1 amide bonds. The molecule has 1 saturated heterocycles. The summed E-state index contributed by atoms with van der Waals surface area (Å²) in [6.07, 6.45) is 3.29. The van der Waals surface area contributed by atoms with Crippen LogP contribution >= 0.6 is 0 Å². The Balaban J connectivity index is 1.46. The summed E-state index contributed by atoms with van der Waals surface area (Å²) in [6.45, 7) is 7.43. The Bertz CT molecular complexity index is 841. The van der Waals surface area contributed by atoms with Crippen molar-refractivity contribution in [2.75, 3.05) is 18.4 Å². The number of likely N-dealkylation sites (tertiary alicyclic amines) is 1. The van der Waals surface area contributed by atoms with Gasteiger partial charge >= 0.3 is 0 Å². The molecule has 144 valence electrons. The number of benzene rings is 1. The van der Waals surface area contributed by atoms with Crippen LogP contribution in [0.5, 0.6) is 0 Å². The molecule has 2 aliphatic rings. The first-order chi connectivity index (χ1) is 12.9. The summed E-state index contributed by atoms with van der Waals surface area (Å²) >= 11 is 0. The van der Waals surface area contributed by atoms with Crippen molar-refractivity contribution in [3.05, 3.63) is 41.2 Å². The molecule has 2 heterocycles. The molecule has 0 unspecified atom stereocenters. The van der Waals surface area contributed by atoms with E-state index in [-0.39, 0.29) is 5.91 Å². The van der Waals surface area contributed by atoms with E-state index in [0.717, 1.165) is 42.1 Å². The standard InChI is InChI=1S/C21H29N5O/c1-13-4-6-18(7-5-13)26-15(3)21(14(2)24-26)23-20(27)12-25-11-16-8-17(22)10-19(25)9-16/h4-7,16-17,19H,8-12,22H2,1-3H3,(H,23,27)/t16-,17+,19-/m0/s1. The fourth-order valence-corrected chi connectivity index (χ4v) is 4.70. The van der Waals surface area contributed by atoms with Gasteiger partial charge in [-0.25, -0.2) is 4.68 Å². The summed E-state index contributed by atoms with van der Waals surface area (Å²) in [6, 6.07) is 8.99. The number of nitrogens with two attached hydrogens (primary N) is 1.